The third-order valence-corrected chi connectivity index (χ3v) is 4.83. The number of hydrogen-bond acceptors (Lipinski definition) is 6. The van der Waals surface area contributed by atoms with Crippen molar-refractivity contribution in [3.63, 3.8) is 0 Å². The zero-order chi connectivity index (χ0) is 13.9. The van der Waals surface area contributed by atoms with E-state index in [0.29, 0.717) is 5.01 Å². The first-order valence-electron chi connectivity index (χ1n) is 7.14. The van der Waals surface area contributed by atoms with Crippen LogP contribution in [0, 0.1) is 5.92 Å². The average molecular weight is 295 g/mol. The molecule has 6 nitrogen and oxygen atoms in total. The molecule has 0 bridgehead atoms. The number of carbonyl (C=O) groups is 1. The van der Waals surface area contributed by atoms with Gasteiger partial charge in [0.1, 0.15) is 0 Å². The van der Waals surface area contributed by atoms with Gasteiger partial charge in [0.2, 0.25) is 0 Å². The molecule has 0 aromatic carbocycles. The third-order valence-electron chi connectivity index (χ3n) is 3.94. The number of thiazole rings is 1. The largest absolute Gasteiger partial charge is 0.301 e. The Morgan fingerprint density at radius 3 is 2.70 bits per heavy atom. The minimum Gasteiger partial charge on any atom is -0.301 e. The molecule has 1 aromatic rings. The molecule has 2 aliphatic rings. The zero-order valence-corrected chi connectivity index (χ0v) is 12.4. The van der Waals surface area contributed by atoms with Crippen molar-refractivity contribution in [1.29, 1.82) is 0 Å². The number of hydrazine groups is 1. The van der Waals surface area contributed by atoms with Crippen molar-refractivity contribution in [3.05, 3.63) is 16.1 Å². The number of amides is 1. The molecule has 3 N–H and O–H groups in total. The number of rotatable bonds is 5. The van der Waals surface area contributed by atoms with Crippen molar-refractivity contribution in [2.24, 2.45) is 11.8 Å². The average Bonchev–Trinajstić information content (AvgIpc) is 3.16. The van der Waals surface area contributed by atoms with E-state index in [1.807, 2.05) is 5.38 Å². The van der Waals surface area contributed by atoms with E-state index in [-0.39, 0.29) is 5.91 Å². The number of piperazine rings is 1. The molecular formula is C13H21N5OS. The summed E-state index contributed by atoms with van der Waals surface area (Å²) in [7, 11) is 0. The molecule has 1 aromatic heterocycles. The summed E-state index contributed by atoms with van der Waals surface area (Å²) >= 11 is 1.35. The van der Waals surface area contributed by atoms with Gasteiger partial charge in [-0.25, -0.2) is 10.8 Å². The third kappa shape index (κ3) is 3.54. The fourth-order valence-corrected chi connectivity index (χ4v) is 3.28. The van der Waals surface area contributed by atoms with Gasteiger partial charge >= 0.3 is 0 Å². The molecule has 1 saturated carbocycles. The van der Waals surface area contributed by atoms with Crippen molar-refractivity contribution >= 4 is 17.2 Å². The van der Waals surface area contributed by atoms with Gasteiger partial charge in [0.05, 0.1) is 5.69 Å². The lowest BCUT2D eigenvalue weighted by atomic mass is 10.2. The molecule has 1 aliphatic carbocycles. The summed E-state index contributed by atoms with van der Waals surface area (Å²) in [5, 5.41) is 2.39. The molecule has 7 heteroatoms. The minimum absolute atomic E-state index is 0.310. The van der Waals surface area contributed by atoms with Gasteiger partial charge in [0.25, 0.3) is 5.91 Å². The van der Waals surface area contributed by atoms with Gasteiger partial charge in [0, 0.05) is 44.6 Å². The van der Waals surface area contributed by atoms with Crippen molar-refractivity contribution in [2.75, 3.05) is 32.7 Å². The fourth-order valence-electron chi connectivity index (χ4n) is 2.57. The van der Waals surface area contributed by atoms with E-state index < -0.39 is 0 Å². The zero-order valence-electron chi connectivity index (χ0n) is 11.5. The van der Waals surface area contributed by atoms with E-state index >= 15 is 0 Å². The normalized spacial score (nSPS) is 21.1. The highest BCUT2D eigenvalue weighted by atomic mass is 32.1. The molecule has 0 atom stereocenters. The molecule has 1 saturated heterocycles. The highest BCUT2D eigenvalue weighted by molar-refractivity contribution is 7.11. The Kier molecular flexibility index (Phi) is 4.30. The maximum atomic E-state index is 11.4. The number of nitrogens with one attached hydrogen (secondary N) is 1. The molecule has 20 heavy (non-hydrogen) atoms. The van der Waals surface area contributed by atoms with Crippen molar-refractivity contribution in [2.45, 2.75) is 19.4 Å². The second kappa shape index (κ2) is 6.17. The van der Waals surface area contributed by atoms with Crippen LogP contribution in [0.15, 0.2) is 5.38 Å². The van der Waals surface area contributed by atoms with Crippen molar-refractivity contribution < 1.29 is 4.79 Å². The maximum absolute atomic E-state index is 11.4. The van der Waals surface area contributed by atoms with E-state index in [1.54, 1.807) is 0 Å². The summed E-state index contributed by atoms with van der Waals surface area (Å²) in [6, 6.07) is 0. The number of hydrogen-bond donors (Lipinski definition) is 2. The Bertz CT molecular complexity index is 465. The Morgan fingerprint density at radius 2 is 2.05 bits per heavy atom. The van der Waals surface area contributed by atoms with Crippen LogP contribution < -0.4 is 11.3 Å². The maximum Gasteiger partial charge on any atom is 0.294 e. The van der Waals surface area contributed by atoms with Crippen LogP contribution in [0.25, 0.3) is 0 Å². The Labute approximate surface area is 122 Å². The predicted molar refractivity (Wildman–Crippen MR) is 78.2 cm³/mol. The van der Waals surface area contributed by atoms with Crippen LogP contribution in [0.2, 0.25) is 0 Å². The lowest BCUT2D eigenvalue weighted by Gasteiger charge is -2.34. The van der Waals surface area contributed by atoms with Crippen LogP contribution >= 0.6 is 11.3 Å². The molecule has 2 fully saturated rings. The lowest BCUT2D eigenvalue weighted by Crippen LogP contribution is -2.46. The Balaban J connectivity index is 1.46. The standard InChI is InChI=1S/C13H21N5OS/c14-16-12(19)13-15-11(9-20-13)8-18-5-3-17(4-6-18)7-10-1-2-10/h9-10H,1-8,14H2,(H,16,19). The topological polar surface area (TPSA) is 74.5 Å². The van der Waals surface area contributed by atoms with Gasteiger partial charge in [-0.3, -0.25) is 15.1 Å². The fraction of sp³-hybridized carbons (Fsp3) is 0.692. The summed E-state index contributed by atoms with van der Waals surface area (Å²) < 4.78 is 0. The number of carbonyl (C=O) groups excluding carboxylic acids is 1. The van der Waals surface area contributed by atoms with Crippen LogP contribution in [0.5, 0.6) is 0 Å². The Hall–Kier alpha value is -1.02. The predicted octanol–water partition coefficient (Wildman–Crippen LogP) is 0.274. The number of aromatic nitrogens is 1. The van der Waals surface area contributed by atoms with E-state index in [1.165, 1.54) is 30.7 Å². The first kappa shape index (κ1) is 13.9. The molecule has 0 spiro atoms. The van der Waals surface area contributed by atoms with Gasteiger partial charge in [-0.1, -0.05) is 0 Å². The molecule has 0 radical (unpaired) electrons. The van der Waals surface area contributed by atoms with E-state index in [9.17, 15) is 4.79 Å². The molecular weight excluding hydrogens is 274 g/mol. The van der Waals surface area contributed by atoms with Crippen molar-refractivity contribution in [1.82, 2.24) is 20.2 Å². The summed E-state index contributed by atoms with van der Waals surface area (Å²) in [6.45, 7) is 6.58. The minimum atomic E-state index is -0.310. The highest BCUT2D eigenvalue weighted by Crippen LogP contribution is 2.30. The second-order valence-electron chi connectivity index (χ2n) is 5.64. The molecule has 2 heterocycles. The van der Waals surface area contributed by atoms with Gasteiger partial charge in [-0.15, -0.1) is 11.3 Å². The van der Waals surface area contributed by atoms with Crippen LogP contribution in [0.4, 0.5) is 0 Å². The van der Waals surface area contributed by atoms with Crippen molar-refractivity contribution in [3.8, 4) is 0 Å². The van der Waals surface area contributed by atoms with Gasteiger partial charge in [0.15, 0.2) is 5.01 Å². The quantitative estimate of drug-likeness (QED) is 0.463. The number of nitrogen functional groups attached to an aromatic ring is 1. The number of nitrogens with zero attached hydrogens (tertiary/aromatic N) is 3. The molecule has 3 rings (SSSR count). The Morgan fingerprint density at radius 1 is 1.35 bits per heavy atom. The van der Waals surface area contributed by atoms with Gasteiger partial charge in [-0.2, -0.15) is 0 Å². The molecule has 110 valence electrons. The highest BCUT2D eigenvalue weighted by Gasteiger charge is 2.26. The lowest BCUT2D eigenvalue weighted by molar-refractivity contribution is 0.0952. The molecule has 1 amide bonds. The first-order chi connectivity index (χ1) is 9.74. The monoisotopic (exact) mass is 295 g/mol. The van der Waals surface area contributed by atoms with E-state index in [4.69, 9.17) is 5.84 Å². The summed E-state index contributed by atoms with van der Waals surface area (Å²) in [6.07, 6.45) is 2.84. The van der Waals surface area contributed by atoms with Crippen LogP contribution in [-0.4, -0.2) is 53.4 Å². The summed E-state index contributed by atoms with van der Waals surface area (Å²) in [5.74, 6) is 5.77. The first-order valence-corrected chi connectivity index (χ1v) is 8.02. The van der Waals surface area contributed by atoms with Crippen LogP contribution in [0.1, 0.15) is 28.3 Å². The van der Waals surface area contributed by atoms with Crippen LogP contribution in [0.3, 0.4) is 0 Å². The summed E-state index contributed by atoms with van der Waals surface area (Å²) in [5.41, 5.74) is 3.08. The molecule has 1 aliphatic heterocycles. The SMILES string of the molecule is NNC(=O)c1nc(CN2CCN(CC3CC3)CC2)cs1. The summed E-state index contributed by atoms with van der Waals surface area (Å²) in [4.78, 5) is 20.7. The molecule has 0 unspecified atom stereocenters. The van der Waals surface area contributed by atoms with Gasteiger partial charge < -0.3 is 4.90 Å². The smallest absolute Gasteiger partial charge is 0.294 e. The van der Waals surface area contributed by atoms with E-state index in [2.05, 4.69) is 20.2 Å². The number of nitrogens with two attached hydrogens (primary N) is 1. The van der Waals surface area contributed by atoms with E-state index in [0.717, 1.165) is 44.3 Å². The van der Waals surface area contributed by atoms with Crippen LogP contribution in [-0.2, 0) is 6.54 Å². The van der Waals surface area contributed by atoms with Gasteiger partial charge in [-0.05, 0) is 18.8 Å². The second-order valence-corrected chi connectivity index (χ2v) is 6.50.